The van der Waals surface area contributed by atoms with Crippen LogP contribution in [0.1, 0.15) is 50.5 Å². The van der Waals surface area contributed by atoms with Crippen LogP contribution in [0, 0.1) is 5.92 Å². The molecule has 3 nitrogen and oxygen atoms in total. The molecule has 108 valence electrons. The Hall–Kier alpha value is -1.51. The van der Waals surface area contributed by atoms with Crippen molar-refractivity contribution in [1.29, 1.82) is 0 Å². The second kappa shape index (κ2) is 5.47. The summed E-state index contributed by atoms with van der Waals surface area (Å²) in [5, 5.41) is 9.35. The van der Waals surface area contributed by atoms with Gasteiger partial charge in [-0.2, -0.15) is 0 Å². The number of fused-ring (bicyclic) bond motifs is 1. The summed E-state index contributed by atoms with van der Waals surface area (Å²) in [6, 6.07) is 8.99. The van der Waals surface area contributed by atoms with Crippen LogP contribution in [-0.4, -0.2) is 23.7 Å². The van der Waals surface area contributed by atoms with E-state index in [4.69, 9.17) is 0 Å². The number of carboxylic acid groups (broad SMARTS) is 1. The molecule has 1 aromatic rings. The summed E-state index contributed by atoms with van der Waals surface area (Å²) in [5.74, 6) is -0.870. The predicted octanol–water partition coefficient (Wildman–Crippen LogP) is 3.64. The lowest BCUT2D eigenvalue weighted by atomic mass is 9.89. The number of carbonyl (C=O) groups is 1. The highest BCUT2D eigenvalue weighted by Gasteiger charge is 2.37. The number of hydrogen-bond acceptors (Lipinski definition) is 2. The molecule has 1 fully saturated rings. The fourth-order valence-electron chi connectivity index (χ4n) is 3.81. The van der Waals surface area contributed by atoms with Crippen LogP contribution in [0.2, 0.25) is 0 Å². The van der Waals surface area contributed by atoms with E-state index in [2.05, 4.69) is 23.1 Å². The lowest BCUT2D eigenvalue weighted by molar-refractivity contribution is -0.141. The molecule has 2 aliphatic rings. The fourth-order valence-corrected chi connectivity index (χ4v) is 3.81. The van der Waals surface area contributed by atoms with E-state index in [0.717, 1.165) is 6.54 Å². The lowest BCUT2D eigenvalue weighted by Crippen LogP contribution is -2.37. The number of aliphatic carboxylic acids is 1. The standard InChI is InChI=1S/C17H23NO2/c1-12(17(19)20)15-11-18(13-7-3-2-4-8-13)16-10-6-5-9-14(15)16/h5-6,9-10,12-13,15H,2-4,7-8,11H2,1H3,(H,19,20). The zero-order valence-corrected chi connectivity index (χ0v) is 12.1. The van der Waals surface area contributed by atoms with Crippen molar-refractivity contribution < 1.29 is 9.90 Å². The molecule has 1 aliphatic carbocycles. The van der Waals surface area contributed by atoms with Crippen molar-refractivity contribution in [2.24, 2.45) is 5.92 Å². The van der Waals surface area contributed by atoms with Gasteiger partial charge >= 0.3 is 5.97 Å². The maximum atomic E-state index is 11.4. The van der Waals surface area contributed by atoms with E-state index >= 15 is 0 Å². The van der Waals surface area contributed by atoms with Crippen molar-refractivity contribution in [2.75, 3.05) is 11.4 Å². The van der Waals surface area contributed by atoms with E-state index in [1.165, 1.54) is 43.4 Å². The lowest BCUT2D eigenvalue weighted by Gasteiger charge is -2.33. The Bertz CT molecular complexity index is 494. The van der Waals surface area contributed by atoms with Gasteiger partial charge in [0.15, 0.2) is 0 Å². The molecule has 20 heavy (non-hydrogen) atoms. The van der Waals surface area contributed by atoms with Gasteiger partial charge in [0.05, 0.1) is 5.92 Å². The third-order valence-electron chi connectivity index (χ3n) is 5.05. The summed E-state index contributed by atoms with van der Waals surface area (Å²) in [4.78, 5) is 13.8. The second-order valence-corrected chi connectivity index (χ2v) is 6.24. The van der Waals surface area contributed by atoms with Crippen LogP contribution >= 0.6 is 0 Å². The van der Waals surface area contributed by atoms with Gasteiger partial charge in [0.1, 0.15) is 0 Å². The number of carboxylic acids is 1. The molecule has 0 spiro atoms. The molecule has 1 saturated carbocycles. The normalized spacial score (nSPS) is 24.4. The van der Waals surface area contributed by atoms with Crippen molar-refractivity contribution in [3.8, 4) is 0 Å². The molecule has 0 amide bonds. The van der Waals surface area contributed by atoms with Crippen LogP contribution in [0.3, 0.4) is 0 Å². The SMILES string of the molecule is CC(C(=O)O)C1CN(C2CCCCC2)c2ccccc21. The summed E-state index contributed by atoms with van der Waals surface area (Å²) in [6.45, 7) is 2.71. The van der Waals surface area contributed by atoms with Gasteiger partial charge in [-0.15, -0.1) is 0 Å². The van der Waals surface area contributed by atoms with Crippen molar-refractivity contribution >= 4 is 11.7 Å². The Balaban J connectivity index is 1.89. The predicted molar refractivity (Wildman–Crippen MR) is 80.2 cm³/mol. The molecule has 0 radical (unpaired) electrons. The highest BCUT2D eigenvalue weighted by molar-refractivity contribution is 5.73. The second-order valence-electron chi connectivity index (χ2n) is 6.24. The van der Waals surface area contributed by atoms with Crippen molar-refractivity contribution in [2.45, 2.75) is 51.0 Å². The highest BCUT2D eigenvalue weighted by atomic mass is 16.4. The first-order chi connectivity index (χ1) is 9.68. The van der Waals surface area contributed by atoms with E-state index in [9.17, 15) is 9.90 Å². The Kier molecular flexibility index (Phi) is 3.68. The molecule has 1 aromatic carbocycles. The van der Waals surface area contributed by atoms with Gasteiger partial charge in [-0.1, -0.05) is 44.4 Å². The van der Waals surface area contributed by atoms with Crippen LogP contribution in [-0.2, 0) is 4.79 Å². The van der Waals surface area contributed by atoms with Gasteiger partial charge in [-0.25, -0.2) is 0 Å². The van der Waals surface area contributed by atoms with Crippen LogP contribution in [0.15, 0.2) is 24.3 Å². The molecule has 3 heteroatoms. The first-order valence-corrected chi connectivity index (χ1v) is 7.77. The summed E-state index contributed by atoms with van der Waals surface area (Å²) in [6.07, 6.45) is 6.47. The summed E-state index contributed by atoms with van der Waals surface area (Å²) in [5.41, 5.74) is 2.51. The van der Waals surface area contributed by atoms with Crippen molar-refractivity contribution in [3.63, 3.8) is 0 Å². The topological polar surface area (TPSA) is 40.5 Å². The Morgan fingerprint density at radius 2 is 1.95 bits per heavy atom. The molecule has 0 aromatic heterocycles. The molecule has 1 heterocycles. The quantitative estimate of drug-likeness (QED) is 0.914. The third-order valence-corrected chi connectivity index (χ3v) is 5.05. The minimum atomic E-state index is -0.685. The fraction of sp³-hybridized carbons (Fsp3) is 0.588. The van der Waals surface area contributed by atoms with Gasteiger partial charge in [-0.3, -0.25) is 4.79 Å². The molecule has 1 N–H and O–H groups in total. The Morgan fingerprint density at radius 3 is 2.65 bits per heavy atom. The highest BCUT2D eigenvalue weighted by Crippen LogP contribution is 2.43. The van der Waals surface area contributed by atoms with Crippen LogP contribution in [0.4, 0.5) is 5.69 Å². The van der Waals surface area contributed by atoms with Gasteiger partial charge in [0.2, 0.25) is 0 Å². The minimum Gasteiger partial charge on any atom is -0.481 e. The van der Waals surface area contributed by atoms with Gasteiger partial charge in [0.25, 0.3) is 0 Å². The van der Waals surface area contributed by atoms with Gasteiger partial charge in [-0.05, 0) is 24.5 Å². The van der Waals surface area contributed by atoms with Gasteiger partial charge in [0, 0.05) is 24.2 Å². The maximum Gasteiger partial charge on any atom is 0.306 e. The van der Waals surface area contributed by atoms with E-state index < -0.39 is 5.97 Å². The molecule has 2 unspecified atom stereocenters. The van der Waals surface area contributed by atoms with Crippen LogP contribution in [0.5, 0.6) is 0 Å². The van der Waals surface area contributed by atoms with Crippen LogP contribution in [0.25, 0.3) is 0 Å². The molecule has 2 atom stereocenters. The van der Waals surface area contributed by atoms with Gasteiger partial charge < -0.3 is 10.0 Å². The summed E-state index contributed by atoms with van der Waals surface area (Å²) < 4.78 is 0. The van der Waals surface area contributed by atoms with Crippen LogP contribution < -0.4 is 4.90 Å². The Morgan fingerprint density at radius 1 is 1.25 bits per heavy atom. The third kappa shape index (κ3) is 2.30. The number of rotatable bonds is 3. The number of nitrogens with zero attached hydrogens (tertiary/aromatic N) is 1. The van der Waals surface area contributed by atoms with E-state index in [1.807, 2.05) is 13.0 Å². The van der Waals surface area contributed by atoms with Crippen molar-refractivity contribution in [3.05, 3.63) is 29.8 Å². The first kappa shape index (κ1) is 13.5. The number of hydrogen-bond donors (Lipinski definition) is 1. The summed E-state index contributed by atoms with van der Waals surface area (Å²) in [7, 11) is 0. The van der Waals surface area contributed by atoms with E-state index in [1.54, 1.807) is 0 Å². The molecule has 0 bridgehead atoms. The van der Waals surface area contributed by atoms with E-state index in [-0.39, 0.29) is 11.8 Å². The smallest absolute Gasteiger partial charge is 0.306 e. The number of anilines is 1. The Labute approximate surface area is 120 Å². The average Bonchev–Trinajstić information content (AvgIpc) is 2.87. The summed E-state index contributed by atoms with van der Waals surface area (Å²) >= 11 is 0. The zero-order valence-electron chi connectivity index (χ0n) is 12.1. The molecular weight excluding hydrogens is 250 g/mol. The number of benzene rings is 1. The molecule has 0 saturated heterocycles. The monoisotopic (exact) mass is 273 g/mol. The zero-order chi connectivity index (χ0) is 14.1. The molecule has 1 aliphatic heterocycles. The average molecular weight is 273 g/mol. The van der Waals surface area contributed by atoms with E-state index in [0.29, 0.717) is 6.04 Å². The maximum absolute atomic E-state index is 11.4. The molecular formula is C17H23NO2. The minimum absolute atomic E-state index is 0.130. The molecule has 3 rings (SSSR count). The largest absolute Gasteiger partial charge is 0.481 e. The van der Waals surface area contributed by atoms with Crippen molar-refractivity contribution in [1.82, 2.24) is 0 Å². The number of para-hydroxylation sites is 1. The first-order valence-electron chi connectivity index (χ1n) is 7.77.